The lowest BCUT2D eigenvalue weighted by atomic mass is 10.2. The van der Waals surface area contributed by atoms with Gasteiger partial charge in [0.05, 0.1) is 0 Å². The van der Waals surface area contributed by atoms with E-state index < -0.39 is 12.1 Å². The summed E-state index contributed by atoms with van der Waals surface area (Å²) in [5.74, 6) is -0.778. The van der Waals surface area contributed by atoms with Crippen molar-refractivity contribution in [2.24, 2.45) is 0 Å². The fraction of sp³-hybridized carbons (Fsp3) is 0.273. The zero-order valence-corrected chi connectivity index (χ0v) is 8.50. The summed E-state index contributed by atoms with van der Waals surface area (Å²) < 4.78 is 5.14. The average Bonchev–Trinajstić information content (AvgIpc) is 2.29. The number of aliphatic carboxylic acids is 1. The molecule has 1 rings (SSSR count). The van der Waals surface area contributed by atoms with Gasteiger partial charge in [0.1, 0.15) is 12.0 Å². The first-order valence-electron chi connectivity index (χ1n) is 4.73. The van der Waals surface area contributed by atoms with E-state index in [4.69, 9.17) is 14.9 Å². The van der Waals surface area contributed by atoms with Crippen LogP contribution in [0.2, 0.25) is 0 Å². The first-order chi connectivity index (χ1) is 7.67. The lowest BCUT2D eigenvalue weighted by molar-refractivity contribution is -0.145. The molecule has 0 fully saturated rings. The molecule has 16 heavy (non-hydrogen) atoms. The second-order valence-electron chi connectivity index (χ2n) is 3.14. The number of ether oxygens (including phenoxy) is 1. The Morgan fingerprint density at radius 2 is 2.00 bits per heavy atom. The minimum atomic E-state index is -1.13. The summed E-state index contributed by atoms with van der Waals surface area (Å²) in [6.45, 7) is -0.261. The molecule has 0 aliphatic rings. The van der Waals surface area contributed by atoms with Crippen LogP contribution in [0.5, 0.6) is 5.75 Å². The largest absolute Gasteiger partial charge is 0.479 e. The van der Waals surface area contributed by atoms with Gasteiger partial charge in [-0.2, -0.15) is 0 Å². The summed E-state index contributed by atoms with van der Waals surface area (Å²) in [6, 6.07) is 6.08. The van der Waals surface area contributed by atoms with Crippen LogP contribution < -0.4 is 4.74 Å². The van der Waals surface area contributed by atoms with Crippen molar-refractivity contribution in [1.29, 1.82) is 0 Å². The molecule has 1 atom stereocenters. The summed E-state index contributed by atoms with van der Waals surface area (Å²) in [7, 11) is 0. The number of carboxylic acid groups (broad SMARTS) is 1. The van der Waals surface area contributed by atoms with Crippen molar-refractivity contribution in [2.45, 2.75) is 12.5 Å². The van der Waals surface area contributed by atoms with Crippen molar-refractivity contribution in [3.8, 4) is 5.75 Å². The lowest BCUT2D eigenvalue weighted by Gasteiger charge is -2.13. The fourth-order valence-electron chi connectivity index (χ4n) is 1.14. The van der Waals surface area contributed by atoms with Crippen molar-refractivity contribution in [2.75, 3.05) is 6.61 Å². The van der Waals surface area contributed by atoms with Crippen molar-refractivity contribution >= 4 is 12.3 Å². The maximum Gasteiger partial charge on any atom is 0.344 e. The van der Waals surface area contributed by atoms with E-state index in [-0.39, 0.29) is 13.0 Å². The standard InChI is InChI=1S/C11H12O5/c12-6-5-10(11(14)15)16-9-3-1-8(7-13)2-4-9/h1-4,7,10,12H,5-6H2,(H,14,15). The number of aliphatic hydroxyl groups is 1. The van der Waals surface area contributed by atoms with Crippen LogP contribution in [0, 0.1) is 0 Å². The number of carboxylic acids is 1. The molecule has 5 heteroatoms. The Hall–Kier alpha value is -1.88. The van der Waals surface area contributed by atoms with Crippen LogP contribution in [-0.2, 0) is 4.79 Å². The normalized spacial score (nSPS) is 11.8. The Morgan fingerprint density at radius 1 is 1.38 bits per heavy atom. The highest BCUT2D eigenvalue weighted by Gasteiger charge is 2.18. The quantitative estimate of drug-likeness (QED) is 0.695. The molecule has 1 unspecified atom stereocenters. The monoisotopic (exact) mass is 224 g/mol. The molecule has 1 aromatic carbocycles. The fourth-order valence-corrected chi connectivity index (χ4v) is 1.14. The molecule has 1 aromatic rings. The molecule has 86 valence electrons. The number of rotatable bonds is 6. The van der Waals surface area contributed by atoms with Gasteiger partial charge in [-0.05, 0) is 24.3 Å². The van der Waals surface area contributed by atoms with Crippen molar-refractivity contribution < 1.29 is 24.5 Å². The molecule has 2 N–H and O–H groups in total. The van der Waals surface area contributed by atoms with Gasteiger partial charge in [-0.15, -0.1) is 0 Å². The van der Waals surface area contributed by atoms with Gasteiger partial charge < -0.3 is 14.9 Å². The van der Waals surface area contributed by atoms with E-state index in [1.807, 2.05) is 0 Å². The molecule has 0 aliphatic carbocycles. The molecule has 0 spiro atoms. The minimum absolute atomic E-state index is 0.0186. The maximum absolute atomic E-state index is 10.7. The van der Waals surface area contributed by atoms with E-state index in [9.17, 15) is 9.59 Å². The zero-order valence-electron chi connectivity index (χ0n) is 8.50. The van der Waals surface area contributed by atoms with Crippen LogP contribution in [0.25, 0.3) is 0 Å². The van der Waals surface area contributed by atoms with Gasteiger partial charge in [-0.1, -0.05) is 0 Å². The van der Waals surface area contributed by atoms with Crippen LogP contribution in [-0.4, -0.2) is 35.2 Å². The van der Waals surface area contributed by atoms with Gasteiger partial charge in [-0.25, -0.2) is 4.79 Å². The summed E-state index contributed by atoms with van der Waals surface area (Å²) >= 11 is 0. The highest BCUT2D eigenvalue weighted by molar-refractivity contribution is 5.75. The number of hydrogen-bond donors (Lipinski definition) is 2. The molecule has 0 aromatic heterocycles. The van der Waals surface area contributed by atoms with Crippen molar-refractivity contribution in [1.82, 2.24) is 0 Å². The molecule has 0 aliphatic heterocycles. The number of aldehydes is 1. The van der Waals surface area contributed by atoms with Crippen LogP contribution in [0.15, 0.2) is 24.3 Å². The van der Waals surface area contributed by atoms with Crippen LogP contribution >= 0.6 is 0 Å². The number of carbonyl (C=O) groups is 2. The number of aliphatic hydroxyl groups excluding tert-OH is 1. The van der Waals surface area contributed by atoms with Gasteiger partial charge in [0, 0.05) is 18.6 Å². The van der Waals surface area contributed by atoms with Crippen LogP contribution in [0.4, 0.5) is 0 Å². The molecule has 0 heterocycles. The highest BCUT2D eigenvalue weighted by atomic mass is 16.5. The van der Waals surface area contributed by atoms with E-state index in [2.05, 4.69) is 0 Å². The molecule has 0 saturated heterocycles. The smallest absolute Gasteiger partial charge is 0.344 e. The second kappa shape index (κ2) is 5.87. The zero-order chi connectivity index (χ0) is 12.0. The Balaban J connectivity index is 2.69. The third kappa shape index (κ3) is 3.36. The predicted octanol–water partition coefficient (Wildman–Crippen LogP) is 0.714. The van der Waals surface area contributed by atoms with Crippen LogP contribution in [0.1, 0.15) is 16.8 Å². The summed E-state index contributed by atoms with van der Waals surface area (Å²) in [4.78, 5) is 21.1. The van der Waals surface area contributed by atoms with Gasteiger partial charge in [0.25, 0.3) is 0 Å². The number of carbonyl (C=O) groups excluding carboxylic acids is 1. The van der Waals surface area contributed by atoms with Crippen molar-refractivity contribution in [3.63, 3.8) is 0 Å². The molecular weight excluding hydrogens is 212 g/mol. The first kappa shape index (κ1) is 12.2. The van der Waals surface area contributed by atoms with E-state index in [1.54, 1.807) is 0 Å². The Kier molecular flexibility index (Phi) is 4.47. The van der Waals surface area contributed by atoms with E-state index >= 15 is 0 Å². The van der Waals surface area contributed by atoms with Gasteiger partial charge in [-0.3, -0.25) is 4.79 Å². The molecule has 5 nitrogen and oxygen atoms in total. The summed E-state index contributed by atoms with van der Waals surface area (Å²) in [5.41, 5.74) is 0.487. The number of benzene rings is 1. The SMILES string of the molecule is O=Cc1ccc(OC(CCO)C(=O)O)cc1. The van der Waals surface area contributed by atoms with Crippen LogP contribution in [0.3, 0.4) is 0 Å². The molecular formula is C11H12O5. The third-order valence-electron chi connectivity index (χ3n) is 1.96. The van der Waals surface area contributed by atoms with E-state index in [0.717, 1.165) is 0 Å². The minimum Gasteiger partial charge on any atom is -0.479 e. The summed E-state index contributed by atoms with van der Waals surface area (Å²) in [6.07, 6.45) is -0.371. The molecule has 0 amide bonds. The van der Waals surface area contributed by atoms with Gasteiger partial charge >= 0.3 is 5.97 Å². The molecule has 0 radical (unpaired) electrons. The highest BCUT2D eigenvalue weighted by Crippen LogP contribution is 2.14. The Bertz CT molecular complexity index is 357. The maximum atomic E-state index is 10.7. The van der Waals surface area contributed by atoms with E-state index in [0.29, 0.717) is 17.6 Å². The lowest BCUT2D eigenvalue weighted by Crippen LogP contribution is -2.28. The van der Waals surface area contributed by atoms with Crippen molar-refractivity contribution in [3.05, 3.63) is 29.8 Å². The summed E-state index contributed by atoms with van der Waals surface area (Å²) in [5, 5.41) is 17.4. The van der Waals surface area contributed by atoms with Gasteiger partial charge in [0.2, 0.25) is 0 Å². The Morgan fingerprint density at radius 3 is 2.44 bits per heavy atom. The third-order valence-corrected chi connectivity index (χ3v) is 1.96. The number of hydrogen-bond acceptors (Lipinski definition) is 4. The Labute approximate surface area is 92.3 Å². The van der Waals surface area contributed by atoms with Gasteiger partial charge in [0.15, 0.2) is 6.10 Å². The predicted molar refractivity (Wildman–Crippen MR) is 55.6 cm³/mol. The average molecular weight is 224 g/mol. The first-order valence-corrected chi connectivity index (χ1v) is 4.73. The second-order valence-corrected chi connectivity index (χ2v) is 3.14. The topological polar surface area (TPSA) is 83.8 Å². The molecule has 0 saturated carbocycles. The molecule has 0 bridgehead atoms. The van der Waals surface area contributed by atoms with E-state index in [1.165, 1.54) is 24.3 Å².